The number of carbonyl (C=O) groups excluding carboxylic acids is 2. The average molecular weight is 363 g/mol. The van der Waals surface area contributed by atoms with E-state index in [0.717, 1.165) is 24.3 Å². The molecule has 6 nitrogen and oxygen atoms in total. The van der Waals surface area contributed by atoms with E-state index < -0.39 is 41.1 Å². The van der Waals surface area contributed by atoms with Gasteiger partial charge in [0.25, 0.3) is 5.91 Å². The zero-order valence-electron chi connectivity index (χ0n) is 12.5. The third-order valence-corrected chi connectivity index (χ3v) is 2.98. The molecule has 1 aromatic carbocycles. The zero-order chi connectivity index (χ0) is 18.8. The van der Waals surface area contributed by atoms with Crippen LogP contribution in [0, 0.1) is 0 Å². The van der Waals surface area contributed by atoms with Crippen LogP contribution in [0.4, 0.5) is 22.0 Å². The topological polar surface area (TPSA) is 85.1 Å². The Kier molecular flexibility index (Phi) is 4.86. The monoisotopic (exact) mass is 363 g/mol. The van der Waals surface area contributed by atoms with Gasteiger partial charge in [-0.1, -0.05) is 29.4 Å². The summed E-state index contributed by atoms with van der Waals surface area (Å²) >= 11 is 0. The molecule has 25 heavy (non-hydrogen) atoms. The predicted octanol–water partition coefficient (Wildman–Crippen LogP) is 2.71. The van der Waals surface area contributed by atoms with Gasteiger partial charge in [-0.15, -0.1) is 0 Å². The van der Waals surface area contributed by atoms with Crippen molar-refractivity contribution in [1.29, 1.82) is 0 Å². The van der Waals surface area contributed by atoms with Gasteiger partial charge in [0.15, 0.2) is 0 Å². The summed E-state index contributed by atoms with van der Waals surface area (Å²) in [5, 5.41) is 4.97. The quantitative estimate of drug-likeness (QED) is 0.502. The second-order valence-electron chi connectivity index (χ2n) is 4.76. The standard InChI is InChI=1S/C14H10F5N3O3/c1-2-20-11(24)13(15,16)9(23)7-3-5-8(6-4-7)10-21-12(25-22-10)14(17,18)19/h3-6H,2H2,1H3,(H,20,24). The average Bonchev–Trinajstić information content (AvgIpc) is 3.04. The van der Waals surface area contributed by atoms with Crippen molar-refractivity contribution in [1.82, 2.24) is 15.5 Å². The van der Waals surface area contributed by atoms with Gasteiger partial charge in [-0.05, 0) is 6.92 Å². The van der Waals surface area contributed by atoms with E-state index in [2.05, 4.69) is 14.7 Å². The first-order chi connectivity index (χ1) is 11.6. The lowest BCUT2D eigenvalue weighted by Crippen LogP contribution is -2.45. The molecule has 11 heteroatoms. The first-order valence-corrected chi connectivity index (χ1v) is 6.79. The Morgan fingerprint density at radius 1 is 1.12 bits per heavy atom. The number of amides is 1. The molecule has 0 saturated carbocycles. The van der Waals surface area contributed by atoms with Crippen LogP contribution in [0.15, 0.2) is 28.8 Å². The Hall–Kier alpha value is -2.85. The fraction of sp³-hybridized carbons (Fsp3) is 0.286. The van der Waals surface area contributed by atoms with E-state index in [-0.39, 0.29) is 12.1 Å². The van der Waals surface area contributed by atoms with Crippen LogP contribution in [0.1, 0.15) is 23.2 Å². The van der Waals surface area contributed by atoms with Gasteiger partial charge >= 0.3 is 18.0 Å². The SMILES string of the molecule is CCNC(=O)C(F)(F)C(=O)c1ccc(-c2noc(C(F)(F)F)n2)cc1. The first-order valence-electron chi connectivity index (χ1n) is 6.79. The highest BCUT2D eigenvalue weighted by atomic mass is 19.4. The third kappa shape index (κ3) is 3.80. The lowest BCUT2D eigenvalue weighted by atomic mass is 10.0. The number of nitrogens with zero attached hydrogens (tertiary/aromatic N) is 2. The predicted molar refractivity (Wildman–Crippen MR) is 72.7 cm³/mol. The summed E-state index contributed by atoms with van der Waals surface area (Å²) < 4.78 is 68.7. The lowest BCUT2D eigenvalue weighted by molar-refractivity contribution is -0.159. The molecular formula is C14H10F5N3O3. The molecule has 0 atom stereocenters. The normalized spacial score (nSPS) is 12.1. The minimum Gasteiger partial charge on any atom is -0.351 e. The summed E-state index contributed by atoms with van der Waals surface area (Å²) in [6.07, 6.45) is -4.82. The zero-order valence-corrected chi connectivity index (χ0v) is 12.5. The second-order valence-corrected chi connectivity index (χ2v) is 4.76. The van der Waals surface area contributed by atoms with Crippen molar-refractivity contribution in [2.75, 3.05) is 6.54 Å². The molecule has 0 aliphatic rings. The Morgan fingerprint density at radius 3 is 2.20 bits per heavy atom. The summed E-state index contributed by atoms with van der Waals surface area (Å²) in [5.74, 6) is -9.74. The van der Waals surface area contributed by atoms with Crippen LogP contribution in [-0.2, 0) is 11.0 Å². The van der Waals surface area contributed by atoms with Crippen LogP contribution >= 0.6 is 0 Å². The van der Waals surface area contributed by atoms with E-state index in [4.69, 9.17) is 0 Å². The van der Waals surface area contributed by atoms with E-state index in [0.29, 0.717) is 0 Å². The van der Waals surface area contributed by atoms with Gasteiger partial charge in [0.05, 0.1) is 0 Å². The maximum absolute atomic E-state index is 13.7. The van der Waals surface area contributed by atoms with Gasteiger partial charge in [-0.2, -0.15) is 26.9 Å². The molecule has 1 aromatic heterocycles. The van der Waals surface area contributed by atoms with Crippen molar-refractivity contribution in [3.05, 3.63) is 35.7 Å². The van der Waals surface area contributed by atoms with E-state index >= 15 is 0 Å². The highest BCUT2D eigenvalue weighted by Gasteiger charge is 2.47. The number of hydrogen-bond donors (Lipinski definition) is 1. The Balaban J connectivity index is 2.24. The molecule has 0 aliphatic heterocycles. The molecule has 0 saturated heterocycles. The van der Waals surface area contributed by atoms with Crippen LogP contribution in [0.3, 0.4) is 0 Å². The van der Waals surface area contributed by atoms with Gasteiger partial charge in [0, 0.05) is 17.7 Å². The lowest BCUT2D eigenvalue weighted by Gasteiger charge is -2.14. The molecule has 0 spiro atoms. The number of ketones is 1. The number of halogens is 5. The molecular weight excluding hydrogens is 353 g/mol. The molecule has 1 N–H and O–H groups in total. The number of benzene rings is 1. The van der Waals surface area contributed by atoms with E-state index in [1.807, 2.05) is 5.32 Å². The Morgan fingerprint density at radius 2 is 1.72 bits per heavy atom. The maximum atomic E-state index is 13.7. The van der Waals surface area contributed by atoms with Crippen molar-refractivity contribution in [2.45, 2.75) is 19.0 Å². The van der Waals surface area contributed by atoms with Crippen LogP contribution in [-0.4, -0.2) is 34.3 Å². The summed E-state index contributed by atoms with van der Waals surface area (Å²) in [5.41, 5.74) is -0.489. The van der Waals surface area contributed by atoms with Crippen molar-refractivity contribution in [2.24, 2.45) is 0 Å². The molecule has 0 unspecified atom stereocenters. The summed E-state index contributed by atoms with van der Waals surface area (Å²) in [4.78, 5) is 26.1. The number of rotatable bonds is 5. The summed E-state index contributed by atoms with van der Waals surface area (Å²) in [6, 6.07) is 3.97. The fourth-order valence-electron chi connectivity index (χ4n) is 1.78. The van der Waals surface area contributed by atoms with E-state index in [9.17, 15) is 31.5 Å². The molecule has 134 valence electrons. The first kappa shape index (κ1) is 18.5. The molecule has 2 rings (SSSR count). The van der Waals surface area contributed by atoms with Gasteiger partial charge in [-0.3, -0.25) is 9.59 Å². The highest BCUT2D eigenvalue weighted by Crippen LogP contribution is 2.29. The molecule has 2 aromatic rings. The highest BCUT2D eigenvalue weighted by molar-refractivity contribution is 6.15. The minimum atomic E-state index is -4.82. The molecule has 1 amide bonds. The number of Topliss-reactive ketones (excluding diaryl/α,β-unsaturated/α-hetero) is 1. The van der Waals surface area contributed by atoms with Crippen LogP contribution < -0.4 is 5.32 Å². The van der Waals surface area contributed by atoms with E-state index in [1.54, 1.807) is 0 Å². The molecule has 0 aliphatic carbocycles. The van der Waals surface area contributed by atoms with Gasteiger partial charge in [0.1, 0.15) is 0 Å². The number of aromatic nitrogens is 2. The van der Waals surface area contributed by atoms with Gasteiger partial charge in [0.2, 0.25) is 11.6 Å². The number of alkyl halides is 5. The van der Waals surface area contributed by atoms with Gasteiger partial charge in [-0.25, -0.2) is 0 Å². The van der Waals surface area contributed by atoms with Crippen molar-refractivity contribution >= 4 is 11.7 Å². The Labute approximate surface area is 137 Å². The molecule has 0 bridgehead atoms. The third-order valence-electron chi connectivity index (χ3n) is 2.98. The van der Waals surface area contributed by atoms with Crippen molar-refractivity contribution < 1.29 is 36.1 Å². The van der Waals surface area contributed by atoms with Crippen LogP contribution in [0.2, 0.25) is 0 Å². The van der Waals surface area contributed by atoms with Crippen molar-refractivity contribution in [3.63, 3.8) is 0 Å². The summed E-state index contributed by atoms with van der Waals surface area (Å²) in [6.45, 7) is 1.33. The number of hydrogen-bond acceptors (Lipinski definition) is 5. The van der Waals surface area contributed by atoms with E-state index in [1.165, 1.54) is 6.92 Å². The minimum absolute atomic E-state index is 0.0112. The molecule has 0 fully saturated rings. The molecule has 0 radical (unpaired) electrons. The number of carbonyl (C=O) groups is 2. The Bertz CT molecular complexity index is 784. The van der Waals surface area contributed by atoms with Crippen LogP contribution in [0.5, 0.6) is 0 Å². The van der Waals surface area contributed by atoms with Crippen LogP contribution in [0.25, 0.3) is 11.4 Å². The summed E-state index contributed by atoms with van der Waals surface area (Å²) in [7, 11) is 0. The molecule has 1 heterocycles. The second kappa shape index (κ2) is 6.57. The smallest absolute Gasteiger partial charge is 0.351 e. The number of nitrogens with one attached hydrogen (secondary N) is 1. The fourth-order valence-corrected chi connectivity index (χ4v) is 1.78. The largest absolute Gasteiger partial charge is 0.471 e. The van der Waals surface area contributed by atoms with Gasteiger partial charge < -0.3 is 9.84 Å². The maximum Gasteiger partial charge on any atom is 0.471 e. The van der Waals surface area contributed by atoms with Crippen molar-refractivity contribution in [3.8, 4) is 11.4 Å².